The molecular weight excluding hydrogens is 220 g/mol. The molecule has 2 fully saturated rings. The van der Waals surface area contributed by atoms with Crippen LogP contribution in [-0.2, 0) is 19.0 Å². The highest BCUT2D eigenvalue weighted by molar-refractivity contribution is 5.70. The molecule has 1 unspecified atom stereocenters. The number of hydrogen-bond acceptors (Lipinski definition) is 4. The van der Waals surface area contributed by atoms with Crippen molar-refractivity contribution in [1.82, 2.24) is 0 Å². The lowest BCUT2D eigenvalue weighted by Gasteiger charge is -2.36. The van der Waals surface area contributed by atoms with Gasteiger partial charge in [-0.05, 0) is 33.6 Å². The molecule has 0 saturated carbocycles. The maximum absolute atomic E-state index is 11.7. The van der Waals surface area contributed by atoms with Gasteiger partial charge in [0.25, 0.3) is 0 Å². The van der Waals surface area contributed by atoms with Crippen LogP contribution in [0, 0.1) is 5.92 Å². The van der Waals surface area contributed by atoms with Gasteiger partial charge in [0.2, 0.25) is 0 Å². The lowest BCUT2D eigenvalue weighted by molar-refractivity contribution is -0.236. The maximum atomic E-state index is 11.7. The molecular formula is C13H22O4. The first kappa shape index (κ1) is 12.8. The van der Waals surface area contributed by atoms with Crippen molar-refractivity contribution in [3.8, 4) is 0 Å². The Balaban J connectivity index is 2.14. The van der Waals surface area contributed by atoms with Crippen molar-refractivity contribution in [3.05, 3.63) is 0 Å². The van der Waals surface area contributed by atoms with Crippen LogP contribution in [-0.4, -0.2) is 30.1 Å². The highest BCUT2D eigenvalue weighted by Gasteiger charge is 2.58. The number of hydrogen-bond donors (Lipinski definition) is 0. The minimum absolute atomic E-state index is 0.0909. The molecule has 2 aliphatic heterocycles. The first-order valence-corrected chi connectivity index (χ1v) is 6.43. The third kappa shape index (κ3) is 2.20. The second-order valence-corrected chi connectivity index (χ2v) is 5.58. The topological polar surface area (TPSA) is 44.8 Å². The molecule has 0 aromatic carbocycles. The lowest BCUT2D eigenvalue weighted by Crippen LogP contribution is -2.43. The molecule has 0 radical (unpaired) electrons. The largest absolute Gasteiger partial charge is 0.466 e. The molecule has 2 bridgehead atoms. The van der Waals surface area contributed by atoms with Gasteiger partial charge in [0.1, 0.15) is 0 Å². The van der Waals surface area contributed by atoms with Gasteiger partial charge < -0.3 is 14.2 Å². The van der Waals surface area contributed by atoms with E-state index in [0.29, 0.717) is 6.61 Å². The van der Waals surface area contributed by atoms with Crippen molar-refractivity contribution in [3.63, 3.8) is 0 Å². The zero-order valence-electron chi connectivity index (χ0n) is 11.1. The number of ether oxygens (including phenoxy) is 3. The van der Waals surface area contributed by atoms with Crippen LogP contribution in [0.4, 0.5) is 0 Å². The van der Waals surface area contributed by atoms with E-state index in [1.54, 1.807) is 0 Å². The Labute approximate surface area is 103 Å². The zero-order valence-corrected chi connectivity index (χ0v) is 11.1. The van der Waals surface area contributed by atoms with Crippen LogP contribution in [0.5, 0.6) is 0 Å². The summed E-state index contributed by atoms with van der Waals surface area (Å²) in [5, 5.41) is 0. The number of fused-ring (bicyclic) bond motifs is 2. The average molecular weight is 242 g/mol. The quantitative estimate of drug-likeness (QED) is 0.712. The van der Waals surface area contributed by atoms with Gasteiger partial charge in [0.05, 0.1) is 24.7 Å². The van der Waals surface area contributed by atoms with E-state index >= 15 is 0 Å². The van der Waals surface area contributed by atoms with Crippen LogP contribution in [0.15, 0.2) is 0 Å². The molecule has 0 aromatic heterocycles. The van der Waals surface area contributed by atoms with Crippen molar-refractivity contribution in [2.24, 2.45) is 5.92 Å². The van der Waals surface area contributed by atoms with Gasteiger partial charge in [-0.15, -0.1) is 0 Å². The normalized spacial score (nSPS) is 39.1. The second-order valence-electron chi connectivity index (χ2n) is 5.58. The van der Waals surface area contributed by atoms with E-state index in [-0.39, 0.29) is 30.0 Å². The summed E-state index contributed by atoms with van der Waals surface area (Å²) in [6.45, 7) is 8.35. The highest BCUT2D eigenvalue weighted by atomic mass is 16.8. The van der Waals surface area contributed by atoms with E-state index in [9.17, 15) is 4.79 Å². The first-order chi connectivity index (χ1) is 7.89. The average Bonchev–Trinajstić information content (AvgIpc) is 2.42. The molecule has 4 nitrogen and oxygen atoms in total. The first-order valence-electron chi connectivity index (χ1n) is 6.43. The molecule has 4 heteroatoms. The van der Waals surface area contributed by atoms with Crippen molar-refractivity contribution >= 4 is 5.97 Å². The SMILES string of the molecule is CCOC(=O)C[C@@]12O[C@@H](CCC1C)C(C)(C)O2. The van der Waals surface area contributed by atoms with E-state index < -0.39 is 5.79 Å². The summed E-state index contributed by atoms with van der Waals surface area (Å²) in [6.07, 6.45) is 2.32. The van der Waals surface area contributed by atoms with Crippen molar-refractivity contribution in [1.29, 1.82) is 0 Å². The Morgan fingerprint density at radius 1 is 1.41 bits per heavy atom. The van der Waals surface area contributed by atoms with Crippen LogP contribution < -0.4 is 0 Å². The van der Waals surface area contributed by atoms with E-state index in [0.717, 1.165) is 12.8 Å². The summed E-state index contributed by atoms with van der Waals surface area (Å²) in [6, 6.07) is 0. The number of rotatable bonds is 3. The van der Waals surface area contributed by atoms with E-state index in [2.05, 4.69) is 6.92 Å². The van der Waals surface area contributed by atoms with Crippen molar-refractivity contribution in [2.45, 2.75) is 64.4 Å². The standard InChI is InChI=1S/C13H22O4/c1-5-15-11(14)8-13-9(2)6-7-10(16-13)12(3,4)17-13/h9-10H,5-8H2,1-4H3/t9?,10-,13-/m0/s1. The van der Waals surface area contributed by atoms with Gasteiger partial charge in [0, 0.05) is 5.92 Å². The molecule has 0 aliphatic carbocycles. The number of esters is 1. The van der Waals surface area contributed by atoms with Gasteiger partial charge >= 0.3 is 5.97 Å². The predicted octanol–water partition coefficient (Wildman–Crippen LogP) is 2.26. The Morgan fingerprint density at radius 3 is 2.76 bits per heavy atom. The molecule has 2 saturated heterocycles. The molecule has 0 aromatic rings. The summed E-state index contributed by atoms with van der Waals surface area (Å²) in [5.41, 5.74) is -0.308. The molecule has 3 atom stereocenters. The lowest BCUT2D eigenvalue weighted by atomic mass is 9.88. The van der Waals surface area contributed by atoms with Gasteiger partial charge in [0.15, 0.2) is 5.79 Å². The van der Waals surface area contributed by atoms with Gasteiger partial charge in [-0.2, -0.15) is 0 Å². The second kappa shape index (κ2) is 4.25. The van der Waals surface area contributed by atoms with E-state index in [1.165, 1.54) is 0 Å². The summed E-state index contributed by atoms with van der Waals surface area (Å²) in [5.74, 6) is -0.777. The highest BCUT2D eigenvalue weighted by Crippen LogP contribution is 2.50. The molecule has 2 aliphatic rings. The van der Waals surface area contributed by atoms with E-state index in [1.807, 2.05) is 20.8 Å². The number of carbonyl (C=O) groups is 1. The molecule has 98 valence electrons. The van der Waals surface area contributed by atoms with Crippen LogP contribution in [0.2, 0.25) is 0 Å². The summed E-state index contributed by atoms with van der Waals surface area (Å²) in [7, 11) is 0. The third-order valence-electron chi connectivity index (χ3n) is 3.86. The summed E-state index contributed by atoms with van der Waals surface area (Å²) >= 11 is 0. The molecule has 0 spiro atoms. The summed E-state index contributed by atoms with van der Waals surface area (Å²) in [4.78, 5) is 11.7. The van der Waals surface area contributed by atoms with Crippen LogP contribution >= 0.6 is 0 Å². The van der Waals surface area contributed by atoms with Crippen LogP contribution in [0.1, 0.15) is 47.0 Å². The van der Waals surface area contributed by atoms with E-state index in [4.69, 9.17) is 14.2 Å². The van der Waals surface area contributed by atoms with Crippen molar-refractivity contribution in [2.75, 3.05) is 6.61 Å². The molecule has 2 heterocycles. The molecule has 0 N–H and O–H groups in total. The number of carbonyl (C=O) groups excluding carboxylic acids is 1. The Bertz CT molecular complexity index is 313. The molecule has 2 rings (SSSR count). The zero-order chi connectivity index (χ0) is 12.7. The van der Waals surface area contributed by atoms with Crippen molar-refractivity contribution < 1.29 is 19.0 Å². The monoisotopic (exact) mass is 242 g/mol. The van der Waals surface area contributed by atoms with Crippen LogP contribution in [0.25, 0.3) is 0 Å². The smallest absolute Gasteiger partial charge is 0.311 e. The van der Waals surface area contributed by atoms with Gasteiger partial charge in [-0.1, -0.05) is 6.92 Å². The fraction of sp³-hybridized carbons (Fsp3) is 0.923. The maximum Gasteiger partial charge on any atom is 0.311 e. The summed E-state index contributed by atoms with van der Waals surface area (Å²) < 4.78 is 17.1. The Morgan fingerprint density at radius 2 is 2.12 bits per heavy atom. The fourth-order valence-corrected chi connectivity index (χ4v) is 2.83. The predicted molar refractivity (Wildman–Crippen MR) is 62.4 cm³/mol. The minimum atomic E-state index is -0.765. The molecule has 17 heavy (non-hydrogen) atoms. The van der Waals surface area contributed by atoms with Gasteiger partial charge in [-0.25, -0.2) is 0 Å². The third-order valence-corrected chi connectivity index (χ3v) is 3.86. The van der Waals surface area contributed by atoms with Gasteiger partial charge in [-0.3, -0.25) is 4.79 Å². The van der Waals surface area contributed by atoms with Crippen LogP contribution in [0.3, 0.4) is 0 Å². The fourth-order valence-electron chi connectivity index (χ4n) is 2.83. The molecule has 0 amide bonds. The minimum Gasteiger partial charge on any atom is -0.466 e. The Hall–Kier alpha value is -0.610. The Kier molecular flexibility index (Phi) is 3.21.